The van der Waals surface area contributed by atoms with E-state index in [9.17, 15) is 5.11 Å². The molecule has 2 nitrogen and oxygen atoms in total. The summed E-state index contributed by atoms with van der Waals surface area (Å²) in [7, 11) is 0. The molecular weight excluding hydrogens is 294 g/mol. The number of likely N-dealkylation sites (tertiary alicyclic amines) is 1. The maximum absolute atomic E-state index is 11.3. The Morgan fingerprint density at radius 1 is 1.04 bits per heavy atom. The molecule has 24 heavy (non-hydrogen) atoms. The highest BCUT2D eigenvalue weighted by atomic mass is 16.3. The number of hydrogen-bond acceptors (Lipinski definition) is 2. The molecule has 3 rings (SSSR count). The van der Waals surface area contributed by atoms with Crippen LogP contribution in [0.4, 0.5) is 0 Å². The first-order valence-corrected chi connectivity index (χ1v) is 8.85. The molecule has 0 amide bonds. The van der Waals surface area contributed by atoms with E-state index < -0.39 is 5.60 Å². The number of hydrogen-bond donors (Lipinski definition) is 1. The summed E-state index contributed by atoms with van der Waals surface area (Å²) in [5.74, 6) is 0.193. The standard InChI is InChI=1S/C22H27NO/c1-18-19(2)23(16-9-12-20-10-5-3-6-11-20)17-15-22(18,24)21-13-7-4-8-14-21/h3-14,18-19,24H,15-17H2,1-2H3. The number of piperidine rings is 1. The molecule has 2 heteroatoms. The van der Waals surface area contributed by atoms with E-state index in [2.05, 4.69) is 55.2 Å². The summed E-state index contributed by atoms with van der Waals surface area (Å²) in [5.41, 5.74) is 1.56. The Morgan fingerprint density at radius 3 is 2.33 bits per heavy atom. The summed E-state index contributed by atoms with van der Waals surface area (Å²) in [5, 5.41) is 11.3. The lowest BCUT2D eigenvalue weighted by atomic mass is 9.73. The van der Waals surface area contributed by atoms with Crippen molar-refractivity contribution in [3.63, 3.8) is 0 Å². The zero-order valence-corrected chi connectivity index (χ0v) is 14.6. The summed E-state index contributed by atoms with van der Waals surface area (Å²) in [6.07, 6.45) is 5.18. The monoisotopic (exact) mass is 321 g/mol. The molecule has 2 aromatic rings. The predicted molar refractivity (Wildman–Crippen MR) is 101 cm³/mol. The Morgan fingerprint density at radius 2 is 1.67 bits per heavy atom. The highest BCUT2D eigenvalue weighted by Crippen LogP contribution is 2.40. The van der Waals surface area contributed by atoms with Gasteiger partial charge in [0.05, 0.1) is 5.60 Å². The van der Waals surface area contributed by atoms with E-state index in [1.807, 2.05) is 36.4 Å². The maximum Gasteiger partial charge on any atom is 0.0948 e. The van der Waals surface area contributed by atoms with Gasteiger partial charge in [0.1, 0.15) is 0 Å². The van der Waals surface area contributed by atoms with Crippen LogP contribution in [-0.4, -0.2) is 29.1 Å². The van der Waals surface area contributed by atoms with Crippen molar-refractivity contribution in [2.45, 2.75) is 31.9 Å². The fourth-order valence-electron chi connectivity index (χ4n) is 3.74. The lowest BCUT2D eigenvalue weighted by Crippen LogP contribution is -2.54. The summed E-state index contributed by atoms with van der Waals surface area (Å²) >= 11 is 0. The van der Waals surface area contributed by atoms with Crippen LogP contribution >= 0.6 is 0 Å². The van der Waals surface area contributed by atoms with Gasteiger partial charge < -0.3 is 5.11 Å². The summed E-state index contributed by atoms with van der Waals surface area (Å²) in [6, 6.07) is 20.9. The molecule has 1 heterocycles. The van der Waals surface area contributed by atoms with Gasteiger partial charge in [0.25, 0.3) is 0 Å². The average Bonchev–Trinajstić information content (AvgIpc) is 2.63. The topological polar surface area (TPSA) is 23.5 Å². The first-order chi connectivity index (χ1) is 11.6. The molecule has 1 fully saturated rings. The summed E-state index contributed by atoms with van der Waals surface area (Å²) in [6.45, 7) is 6.24. The Hall–Kier alpha value is -1.90. The van der Waals surface area contributed by atoms with Gasteiger partial charge in [-0.2, -0.15) is 0 Å². The second kappa shape index (κ2) is 7.33. The third-order valence-electron chi connectivity index (χ3n) is 5.56. The fraction of sp³-hybridized carbons (Fsp3) is 0.364. The van der Waals surface area contributed by atoms with Crippen LogP contribution in [0.5, 0.6) is 0 Å². The third kappa shape index (κ3) is 3.45. The van der Waals surface area contributed by atoms with E-state index in [-0.39, 0.29) is 5.92 Å². The fourth-order valence-corrected chi connectivity index (χ4v) is 3.74. The molecule has 1 saturated heterocycles. The second-order valence-corrected chi connectivity index (χ2v) is 6.88. The highest BCUT2D eigenvalue weighted by Gasteiger charge is 2.43. The minimum absolute atomic E-state index is 0.193. The lowest BCUT2D eigenvalue weighted by Gasteiger charge is -2.48. The van der Waals surface area contributed by atoms with E-state index in [0.717, 1.165) is 25.1 Å². The Balaban J connectivity index is 1.67. The minimum Gasteiger partial charge on any atom is -0.385 e. The maximum atomic E-state index is 11.3. The van der Waals surface area contributed by atoms with Crippen LogP contribution in [0.3, 0.4) is 0 Å². The van der Waals surface area contributed by atoms with Crippen LogP contribution in [0.15, 0.2) is 66.7 Å². The number of aliphatic hydroxyl groups is 1. The normalized spacial score (nSPS) is 28.3. The van der Waals surface area contributed by atoms with Gasteiger partial charge >= 0.3 is 0 Å². The Kier molecular flexibility index (Phi) is 5.17. The van der Waals surface area contributed by atoms with Crippen LogP contribution < -0.4 is 0 Å². The first kappa shape index (κ1) is 16.9. The molecule has 3 unspecified atom stereocenters. The molecule has 0 aromatic heterocycles. The Bertz CT molecular complexity index is 667. The zero-order valence-electron chi connectivity index (χ0n) is 14.6. The summed E-state index contributed by atoms with van der Waals surface area (Å²) in [4.78, 5) is 2.46. The minimum atomic E-state index is -0.722. The van der Waals surface area contributed by atoms with Crippen LogP contribution in [0.25, 0.3) is 6.08 Å². The van der Waals surface area contributed by atoms with Crippen molar-refractivity contribution >= 4 is 6.08 Å². The van der Waals surface area contributed by atoms with Crippen molar-refractivity contribution < 1.29 is 5.11 Å². The van der Waals surface area contributed by atoms with E-state index in [4.69, 9.17) is 0 Å². The van der Waals surface area contributed by atoms with Crippen molar-refractivity contribution in [1.82, 2.24) is 4.90 Å². The average molecular weight is 321 g/mol. The largest absolute Gasteiger partial charge is 0.385 e. The molecule has 2 aromatic carbocycles. The molecular formula is C22H27NO. The van der Waals surface area contributed by atoms with Crippen LogP contribution in [0, 0.1) is 5.92 Å². The SMILES string of the molecule is CC1C(C)C(O)(c2ccccc2)CCN1CC=Cc1ccccc1. The lowest BCUT2D eigenvalue weighted by molar-refractivity contribution is -0.0929. The van der Waals surface area contributed by atoms with E-state index in [1.54, 1.807) is 0 Å². The third-order valence-corrected chi connectivity index (χ3v) is 5.56. The van der Waals surface area contributed by atoms with Crippen LogP contribution in [-0.2, 0) is 5.60 Å². The van der Waals surface area contributed by atoms with Crippen LogP contribution in [0.2, 0.25) is 0 Å². The zero-order chi connectivity index (χ0) is 17.0. The van der Waals surface area contributed by atoms with Crippen LogP contribution in [0.1, 0.15) is 31.4 Å². The highest BCUT2D eigenvalue weighted by molar-refractivity contribution is 5.48. The van der Waals surface area contributed by atoms with Gasteiger partial charge in [-0.15, -0.1) is 0 Å². The molecule has 126 valence electrons. The summed E-state index contributed by atoms with van der Waals surface area (Å²) < 4.78 is 0. The van der Waals surface area contributed by atoms with Crippen molar-refractivity contribution in [3.8, 4) is 0 Å². The Labute approximate surface area is 145 Å². The van der Waals surface area contributed by atoms with Crippen molar-refractivity contribution in [1.29, 1.82) is 0 Å². The number of rotatable bonds is 4. The molecule has 1 aliphatic heterocycles. The first-order valence-electron chi connectivity index (χ1n) is 8.85. The van der Waals surface area contributed by atoms with Crippen molar-refractivity contribution in [3.05, 3.63) is 77.9 Å². The number of benzene rings is 2. The van der Waals surface area contributed by atoms with E-state index in [0.29, 0.717) is 6.04 Å². The van der Waals surface area contributed by atoms with Gasteiger partial charge in [0.15, 0.2) is 0 Å². The molecule has 3 atom stereocenters. The molecule has 0 spiro atoms. The molecule has 0 aliphatic carbocycles. The molecule has 0 saturated carbocycles. The van der Waals surface area contributed by atoms with Gasteiger partial charge in [0, 0.05) is 25.0 Å². The number of nitrogens with zero attached hydrogens (tertiary/aromatic N) is 1. The molecule has 0 radical (unpaired) electrons. The van der Waals surface area contributed by atoms with Crippen molar-refractivity contribution in [2.75, 3.05) is 13.1 Å². The van der Waals surface area contributed by atoms with E-state index >= 15 is 0 Å². The van der Waals surface area contributed by atoms with Gasteiger partial charge in [-0.05, 0) is 24.5 Å². The van der Waals surface area contributed by atoms with E-state index in [1.165, 1.54) is 5.56 Å². The predicted octanol–water partition coefficient (Wildman–Crippen LogP) is 4.32. The van der Waals surface area contributed by atoms with Gasteiger partial charge in [-0.1, -0.05) is 79.7 Å². The van der Waals surface area contributed by atoms with Gasteiger partial charge in [0.2, 0.25) is 0 Å². The van der Waals surface area contributed by atoms with Crippen molar-refractivity contribution in [2.24, 2.45) is 5.92 Å². The molecule has 0 bridgehead atoms. The smallest absolute Gasteiger partial charge is 0.0948 e. The second-order valence-electron chi connectivity index (χ2n) is 6.88. The molecule has 1 N–H and O–H groups in total. The molecule has 1 aliphatic rings. The quantitative estimate of drug-likeness (QED) is 0.906. The van der Waals surface area contributed by atoms with Gasteiger partial charge in [-0.25, -0.2) is 0 Å². The van der Waals surface area contributed by atoms with Gasteiger partial charge in [-0.3, -0.25) is 4.90 Å².